The first kappa shape index (κ1) is 20.2. The maximum absolute atomic E-state index is 14.3. The van der Waals surface area contributed by atoms with Crippen molar-refractivity contribution in [2.75, 3.05) is 24.5 Å². The van der Waals surface area contributed by atoms with E-state index < -0.39 is 0 Å². The summed E-state index contributed by atoms with van der Waals surface area (Å²) in [6.07, 6.45) is 12.1. The Balaban J connectivity index is 1.38. The van der Waals surface area contributed by atoms with Gasteiger partial charge < -0.3 is 9.80 Å². The molecule has 0 aromatic heterocycles. The molecule has 2 atom stereocenters. The molecule has 162 valence electrons. The molecule has 2 aliphatic carbocycles. The smallest absolute Gasteiger partial charge is 0.155 e. The van der Waals surface area contributed by atoms with Gasteiger partial charge in [0.15, 0.2) is 5.78 Å². The van der Waals surface area contributed by atoms with Gasteiger partial charge in [-0.15, -0.1) is 0 Å². The zero-order chi connectivity index (χ0) is 20.7. The van der Waals surface area contributed by atoms with Crippen molar-refractivity contribution in [1.29, 1.82) is 0 Å². The van der Waals surface area contributed by atoms with E-state index in [-0.39, 0.29) is 17.3 Å². The topological polar surface area (TPSA) is 23.6 Å². The molecule has 2 heterocycles. The Labute approximate surface area is 180 Å². The predicted molar refractivity (Wildman–Crippen MR) is 120 cm³/mol. The van der Waals surface area contributed by atoms with Crippen molar-refractivity contribution in [3.8, 4) is 0 Å². The molecule has 2 unspecified atom stereocenters. The zero-order valence-corrected chi connectivity index (χ0v) is 18.2. The predicted octanol–water partition coefficient (Wildman–Crippen LogP) is 5.38. The third-order valence-corrected chi connectivity index (χ3v) is 8.32. The third-order valence-electron chi connectivity index (χ3n) is 8.32. The van der Waals surface area contributed by atoms with Crippen LogP contribution in [-0.4, -0.2) is 42.4 Å². The van der Waals surface area contributed by atoms with Crippen LogP contribution in [0.5, 0.6) is 0 Å². The molecule has 3 nitrogen and oxygen atoms in total. The number of nitrogens with zero attached hydrogens (tertiary/aromatic N) is 2. The molecular weight excluding hydrogens is 375 g/mol. The van der Waals surface area contributed by atoms with Crippen molar-refractivity contribution < 1.29 is 9.18 Å². The summed E-state index contributed by atoms with van der Waals surface area (Å²) in [5.41, 5.74) is 3.68. The minimum absolute atomic E-state index is 0.00655. The number of carbonyl (C=O) groups excluding carboxylic acids is 1. The summed E-state index contributed by atoms with van der Waals surface area (Å²) >= 11 is 0. The fraction of sp³-hybridized carbons (Fsp3) is 0.654. The van der Waals surface area contributed by atoms with E-state index in [1.807, 2.05) is 6.07 Å². The summed E-state index contributed by atoms with van der Waals surface area (Å²) < 4.78 is 14.3. The fourth-order valence-electron chi connectivity index (χ4n) is 6.60. The van der Waals surface area contributed by atoms with Gasteiger partial charge in [-0.2, -0.15) is 0 Å². The van der Waals surface area contributed by atoms with Gasteiger partial charge in [0.25, 0.3) is 0 Å². The van der Waals surface area contributed by atoms with Crippen LogP contribution in [-0.2, 0) is 10.2 Å². The lowest BCUT2D eigenvalue weighted by molar-refractivity contribution is -0.121. The van der Waals surface area contributed by atoms with Crippen LogP contribution >= 0.6 is 0 Å². The number of ketones is 1. The van der Waals surface area contributed by atoms with Crippen LogP contribution in [0.1, 0.15) is 76.2 Å². The number of benzene rings is 1. The number of piperidine rings is 1. The summed E-state index contributed by atoms with van der Waals surface area (Å²) in [5.74, 6) is 0.232. The van der Waals surface area contributed by atoms with Crippen molar-refractivity contribution in [1.82, 2.24) is 4.90 Å². The molecule has 0 N–H and O–H groups in total. The van der Waals surface area contributed by atoms with E-state index in [2.05, 4.69) is 16.4 Å². The SMILES string of the molecule is C=C1CCCCC(N2CCC3(CC2)CN(C2CCCCC2=O)c2ccc(F)cc23)C1. The minimum Gasteiger partial charge on any atom is -0.360 e. The van der Waals surface area contributed by atoms with Gasteiger partial charge in [0.1, 0.15) is 5.82 Å². The molecule has 30 heavy (non-hydrogen) atoms. The maximum Gasteiger partial charge on any atom is 0.155 e. The Bertz CT molecular complexity index is 826. The first-order valence-corrected chi connectivity index (χ1v) is 12.1. The maximum atomic E-state index is 14.3. The number of halogens is 1. The van der Waals surface area contributed by atoms with Gasteiger partial charge in [0.2, 0.25) is 0 Å². The van der Waals surface area contributed by atoms with Gasteiger partial charge in [0.05, 0.1) is 6.04 Å². The first-order valence-electron chi connectivity index (χ1n) is 12.1. The lowest BCUT2D eigenvalue weighted by Crippen LogP contribution is -2.50. The Kier molecular flexibility index (Phi) is 5.47. The highest BCUT2D eigenvalue weighted by Gasteiger charge is 2.48. The number of Topliss-reactive ketones (excluding diaryl/α,β-unsaturated/α-hetero) is 1. The summed E-state index contributed by atoms with van der Waals surface area (Å²) in [4.78, 5) is 17.7. The lowest BCUT2D eigenvalue weighted by atomic mass is 9.73. The van der Waals surface area contributed by atoms with Crippen LogP contribution in [0.15, 0.2) is 30.4 Å². The average molecular weight is 411 g/mol. The van der Waals surface area contributed by atoms with Crippen LogP contribution in [0, 0.1) is 5.82 Å². The summed E-state index contributed by atoms with van der Waals surface area (Å²) in [7, 11) is 0. The van der Waals surface area contributed by atoms with Crippen molar-refractivity contribution >= 4 is 11.5 Å². The molecule has 2 saturated carbocycles. The van der Waals surface area contributed by atoms with E-state index >= 15 is 0 Å². The highest BCUT2D eigenvalue weighted by Crippen LogP contribution is 2.49. The highest BCUT2D eigenvalue weighted by molar-refractivity contribution is 5.89. The third kappa shape index (κ3) is 3.62. The highest BCUT2D eigenvalue weighted by atomic mass is 19.1. The van der Waals surface area contributed by atoms with E-state index in [4.69, 9.17) is 0 Å². The Morgan fingerprint density at radius 3 is 2.60 bits per heavy atom. The van der Waals surface area contributed by atoms with Crippen LogP contribution in [0.2, 0.25) is 0 Å². The van der Waals surface area contributed by atoms with E-state index in [1.165, 1.54) is 31.3 Å². The number of rotatable bonds is 2. The lowest BCUT2D eigenvalue weighted by Gasteiger charge is -2.43. The zero-order valence-electron chi connectivity index (χ0n) is 18.2. The van der Waals surface area contributed by atoms with Crippen LogP contribution in [0.3, 0.4) is 0 Å². The molecule has 4 heteroatoms. The normalized spacial score (nSPS) is 29.8. The molecule has 2 aliphatic heterocycles. The monoisotopic (exact) mass is 410 g/mol. The van der Waals surface area contributed by atoms with Crippen molar-refractivity contribution in [3.05, 3.63) is 41.7 Å². The number of hydrogen-bond acceptors (Lipinski definition) is 3. The summed E-state index contributed by atoms with van der Waals surface area (Å²) in [5, 5.41) is 0. The number of anilines is 1. The summed E-state index contributed by atoms with van der Waals surface area (Å²) in [6, 6.07) is 5.89. The van der Waals surface area contributed by atoms with Gasteiger partial charge >= 0.3 is 0 Å². The van der Waals surface area contributed by atoms with Gasteiger partial charge in [-0.25, -0.2) is 4.39 Å². The molecule has 1 spiro atoms. The molecule has 5 rings (SSSR count). The number of hydrogen-bond donors (Lipinski definition) is 0. The van der Waals surface area contributed by atoms with Gasteiger partial charge in [-0.1, -0.05) is 25.0 Å². The Morgan fingerprint density at radius 2 is 1.80 bits per heavy atom. The Morgan fingerprint density at radius 1 is 1.03 bits per heavy atom. The average Bonchev–Trinajstić information content (AvgIpc) is 2.88. The molecule has 4 aliphatic rings. The van der Waals surface area contributed by atoms with Gasteiger partial charge in [-0.05, 0) is 88.2 Å². The van der Waals surface area contributed by atoms with Crippen LogP contribution < -0.4 is 4.90 Å². The van der Waals surface area contributed by atoms with E-state index in [9.17, 15) is 9.18 Å². The molecular formula is C26H35FN2O. The second kappa shape index (κ2) is 8.11. The second-order valence-electron chi connectivity index (χ2n) is 10.2. The molecule has 0 radical (unpaired) electrons. The molecule has 0 amide bonds. The fourth-order valence-corrected chi connectivity index (χ4v) is 6.60. The molecule has 1 aromatic rings. The van der Waals surface area contributed by atoms with Gasteiger partial charge in [-0.3, -0.25) is 4.79 Å². The molecule has 1 saturated heterocycles. The first-order chi connectivity index (χ1) is 14.6. The summed E-state index contributed by atoms with van der Waals surface area (Å²) in [6.45, 7) is 7.31. The standard InChI is InChI=1S/C26H35FN2O/c1-19-6-2-3-7-21(16-19)28-14-12-26(13-15-28)18-29(24-8-4-5-9-25(24)30)23-11-10-20(27)17-22(23)26/h10-11,17,21,24H,1-9,12-16,18H2. The number of likely N-dealkylation sites (tertiary alicyclic amines) is 1. The van der Waals surface area contributed by atoms with Crippen molar-refractivity contribution in [2.45, 2.75) is 88.1 Å². The van der Waals surface area contributed by atoms with E-state index in [0.717, 1.165) is 69.4 Å². The van der Waals surface area contributed by atoms with Gasteiger partial charge in [0, 0.05) is 30.1 Å². The molecule has 0 bridgehead atoms. The molecule has 1 aromatic carbocycles. The Hall–Kier alpha value is -1.68. The van der Waals surface area contributed by atoms with E-state index in [1.54, 1.807) is 12.1 Å². The largest absolute Gasteiger partial charge is 0.360 e. The molecule has 3 fully saturated rings. The number of fused-ring (bicyclic) bond motifs is 2. The second-order valence-corrected chi connectivity index (χ2v) is 10.2. The minimum atomic E-state index is -0.146. The van der Waals surface area contributed by atoms with Crippen molar-refractivity contribution in [2.24, 2.45) is 0 Å². The van der Waals surface area contributed by atoms with E-state index in [0.29, 0.717) is 18.2 Å². The van der Waals surface area contributed by atoms with Crippen LogP contribution in [0.25, 0.3) is 0 Å². The van der Waals surface area contributed by atoms with Crippen LogP contribution in [0.4, 0.5) is 10.1 Å². The van der Waals surface area contributed by atoms with Crippen molar-refractivity contribution in [3.63, 3.8) is 0 Å². The number of carbonyl (C=O) groups is 1. The quantitative estimate of drug-likeness (QED) is 0.483.